The first-order valence-corrected chi connectivity index (χ1v) is 8.29. The number of ether oxygens (including phenoxy) is 1. The minimum atomic E-state index is -0.610. The quantitative estimate of drug-likeness (QED) is 0.840. The fourth-order valence-corrected chi connectivity index (χ4v) is 3.20. The Balaban J connectivity index is 1.85. The highest BCUT2D eigenvalue weighted by Gasteiger charge is 2.20. The molecule has 23 heavy (non-hydrogen) atoms. The molecule has 0 spiro atoms. The molecular formula is C18H22F2N2O. The van der Waals surface area contributed by atoms with Crippen molar-refractivity contribution < 1.29 is 13.5 Å². The predicted octanol–water partition coefficient (Wildman–Crippen LogP) is 4.30. The predicted molar refractivity (Wildman–Crippen MR) is 87.8 cm³/mol. The zero-order valence-electron chi connectivity index (χ0n) is 13.4. The number of benzene rings is 1. The summed E-state index contributed by atoms with van der Waals surface area (Å²) < 4.78 is 33.4. The molecule has 0 N–H and O–H groups in total. The van der Waals surface area contributed by atoms with Crippen molar-refractivity contribution in [3.63, 3.8) is 0 Å². The van der Waals surface area contributed by atoms with Gasteiger partial charge in [-0.2, -0.15) is 0 Å². The largest absolute Gasteiger partial charge is 0.378 e. The smallest absolute Gasteiger partial charge is 0.152 e. The molecular weight excluding hydrogens is 298 g/mol. The van der Waals surface area contributed by atoms with Crippen LogP contribution in [-0.2, 0) is 4.74 Å². The summed E-state index contributed by atoms with van der Waals surface area (Å²) in [7, 11) is 0. The fraction of sp³-hybridized carbons (Fsp3) is 0.500. The fourth-order valence-electron chi connectivity index (χ4n) is 3.20. The van der Waals surface area contributed by atoms with Gasteiger partial charge >= 0.3 is 0 Å². The molecule has 0 amide bonds. The standard InChI is InChI=1S/C18H22F2N2O/c1-2-10-23-14-4-3-8-22(9-6-14)17-5-7-21-18-15(17)11-13(19)12-16(18)20/h5,7,11-12,14H,2-4,6,8-10H2,1H3. The molecule has 1 atom stereocenters. The lowest BCUT2D eigenvalue weighted by molar-refractivity contribution is 0.0461. The summed E-state index contributed by atoms with van der Waals surface area (Å²) in [5, 5.41) is 0.540. The van der Waals surface area contributed by atoms with Crippen molar-refractivity contribution in [3.05, 3.63) is 36.0 Å². The Kier molecular flexibility index (Phi) is 5.06. The van der Waals surface area contributed by atoms with Crippen molar-refractivity contribution in [1.29, 1.82) is 0 Å². The molecule has 0 radical (unpaired) electrons. The van der Waals surface area contributed by atoms with Gasteiger partial charge in [0.1, 0.15) is 11.3 Å². The molecule has 2 heterocycles. The van der Waals surface area contributed by atoms with Gasteiger partial charge in [0.2, 0.25) is 0 Å². The molecule has 1 fully saturated rings. The van der Waals surface area contributed by atoms with Crippen molar-refractivity contribution in [2.75, 3.05) is 24.6 Å². The van der Waals surface area contributed by atoms with Gasteiger partial charge in [0, 0.05) is 43.0 Å². The van der Waals surface area contributed by atoms with E-state index in [0.717, 1.165) is 57.1 Å². The van der Waals surface area contributed by atoms with Crippen LogP contribution in [0.5, 0.6) is 0 Å². The minimum absolute atomic E-state index is 0.229. The van der Waals surface area contributed by atoms with Crippen molar-refractivity contribution >= 4 is 16.6 Å². The van der Waals surface area contributed by atoms with Gasteiger partial charge in [0.15, 0.2) is 5.82 Å². The van der Waals surface area contributed by atoms with Crippen LogP contribution in [-0.4, -0.2) is 30.8 Å². The van der Waals surface area contributed by atoms with E-state index in [4.69, 9.17) is 4.74 Å². The van der Waals surface area contributed by atoms with Crippen LogP contribution >= 0.6 is 0 Å². The second-order valence-corrected chi connectivity index (χ2v) is 6.02. The minimum Gasteiger partial charge on any atom is -0.378 e. The molecule has 0 bridgehead atoms. The molecule has 0 aliphatic carbocycles. The molecule has 5 heteroatoms. The highest BCUT2D eigenvalue weighted by Crippen LogP contribution is 2.30. The number of aromatic nitrogens is 1. The maximum absolute atomic E-state index is 13.9. The van der Waals surface area contributed by atoms with E-state index < -0.39 is 11.6 Å². The van der Waals surface area contributed by atoms with Gasteiger partial charge in [0.25, 0.3) is 0 Å². The normalized spacial score (nSPS) is 19.1. The summed E-state index contributed by atoms with van der Waals surface area (Å²) in [5.41, 5.74) is 1.08. The Bertz CT molecular complexity index is 677. The first-order chi connectivity index (χ1) is 11.2. The molecule has 1 aliphatic heterocycles. The van der Waals surface area contributed by atoms with Crippen LogP contribution in [0.15, 0.2) is 24.4 Å². The average Bonchev–Trinajstić information content (AvgIpc) is 2.78. The number of hydrogen-bond donors (Lipinski definition) is 0. The Morgan fingerprint density at radius 1 is 1.26 bits per heavy atom. The molecule has 124 valence electrons. The van der Waals surface area contributed by atoms with Crippen molar-refractivity contribution in [3.8, 4) is 0 Å². The van der Waals surface area contributed by atoms with Gasteiger partial charge in [-0.05, 0) is 37.8 Å². The second kappa shape index (κ2) is 7.21. The van der Waals surface area contributed by atoms with Crippen LogP contribution < -0.4 is 4.90 Å². The number of rotatable bonds is 4. The van der Waals surface area contributed by atoms with E-state index in [0.29, 0.717) is 5.39 Å². The van der Waals surface area contributed by atoms with E-state index in [2.05, 4.69) is 16.8 Å². The van der Waals surface area contributed by atoms with Gasteiger partial charge in [0.05, 0.1) is 6.10 Å². The summed E-state index contributed by atoms with van der Waals surface area (Å²) in [6.45, 7) is 4.59. The topological polar surface area (TPSA) is 25.4 Å². The molecule has 1 aromatic heterocycles. The molecule has 3 rings (SSSR count). The summed E-state index contributed by atoms with van der Waals surface area (Å²) in [6, 6.07) is 4.10. The van der Waals surface area contributed by atoms with Crippen molar-refractivity contribution in [2.45, 2.75) is 38.7 Å². The number of pyridine rings is 1. The Morgan fingerprint density at radius 3 is 2.96 bits per heavy atom. The van der Waals surface area contributed by atoms with Crippen LogP contribution in [0.3, 0.4) is 0 Å². The first kappa shape index (κ1) is 16.1. The summed E-state index contributed by atoms with van der Waals surface area (Å²) in [6.07, 6.45) is 5.86. The average molecular weight is 320 g/mol. The van der Waals surface area contributed by atoms with Gasteiger partial charge in [-0.15, -0.1) is 0 Å². The third kappa shape index (κ3) is 3.61. The molecule has 3 nitrogen and oxygen atoms in total. The third-order valence-corrected chi connectivity index (χ3v) is 4.31. The van der Waals surface area contributed by atoms with Crippen LogP contribution in [0.1, 0.15) is 32.6 Å². The molecule has 1 saturated heterocycles. The van der Waals surface area contributed by atoms with Gasteiger partial charge in [-0.25, -0.2) is 8.78 Å². The second-order valence-electron chi connectivity index (χ2n) is 6.02. The zero-order valence-corrected chi connectivity index (χ0v) is 13.4. The summed E-state index contributed by atoms with van der Waals surface area (Å²) in [5.74, 6) is -1.18. The summed E-state index contributed by atoms with van der Waals surface area (Å²) in [4.78, 5) is 6.26. The highest BCUT2D eigenvalue weighted by atomic mass is 19.1. The molecule has 1 unspecified atom stereocenters. The Labute approximate surface area is 135 Å². The number of hydrogen-bond acceptors (Lipinski definition) is 3. The van der Waals surface area contributed by atoms with Crippen LogP contribution in [0.25, 0.3) is 10.9 Å². The van der Waals surface area contributed by atoms with Crippen molar-refractivity contribution in [2.24, 2.45) is 0 Å². The molecule has 0 saturated carbocycles. The van der Waals surface area contributed by atoms with E-state index in [1.54, 1.807) is 6.20 Å². The summed E-state index contributed by atoms with van der Waals surface area (Å²) >= 11 is 0. The zero-order chi connectivity index (χ0) is 16.2. The van der Waals surface area contributed by atoms with Crippen LogP contribution in [0.4, 0.5) is 14.5 Å². The van der Waals surface area contributed by atoms with E-state index in [1.807, 2.05) is 6.07 Å². The molecule has 2 aromatic rings. The number of halogens is 2. The Morgan fingerprint density at radius 2 is 2.13 bits per heavy atom. The third-order valence-electron chi connectivity index (χ3n) is 4.31. The van der Waals surface area contributed by atoms with Gasteiger partial charge in [-0.1, -0.05) is 6.92 Å². The number of anilines is 1. The highest BCUT2D eigenvalue weighted by molar-refractivity contribution is 5.92. The van der Waals surface area contributed by atoms with E-state index >= 15 is 0 Å². The first-order valence-electron chi connectivity index (χ1n) is 8.29. The lowest BCUT2D eigenvalue weighted by atomic mass is 10.1. The monoisotopic (exact) mass is 320 g/mol. The van der Waals surface area contributed by atoms with E-state index in [9.17, 15) is 8.78 Å². The van der Waals surface area contributed by atoms with Crippen molar-refractivity contribution in [1.82, 2.24) is 4.98 Å². The SMILES string of the molecule is CCCOC1CCCN(c2ccnc3c(F)cc(F)cc23)CC1. The van der Waals surface area contributed by atoms with Gasteiger partial charge in [-0.3, -0.25) is 4.98 Å². The molecule has 1 aromatic carbocycles. The van der Waals surface area contributed by atoms with Gasteiger partial charge < -0.3 is 9.64 Å². The van der Waals surface area contributed by atoms with E-state index in [-0.39, 0.29) is 11.6 Å². The number of nitrogens with zero attached hydrogens (tertiary/aromatic N) is 2. The number of fused-ring (bicyclic) bond motifs is 1. The maximum atomic E-state index is 13.9. The van der Waals surface area contributed by atoms with Crippen LogP contribution in [0.2, 0.25) is 0 Å². The lowest BCUT2D eigenvalue weighted by Gasteiger charge is -2.24. The lowest BCUT2D eigenvalue weighted by Crippen LogP contribution is -2.25. The van der Waals surface area contributed by atoms with E-state index in [1.165, 1.54) is 6.07 Å². The Hall–Kier alpha value is -1.75. The van der Waals surface area contributed by atoms with Crippen LogP contribution in [0, 0.1) is 11.6 Å². The maximum Gasteiger partial charge on any atom is 0.152 e. The molecule has 1 aliphatic rings.